The highest BCUT2D eigenvalue weighted by molar-refractivity contribution is 9.10. The van der Waals surface area contributed by atoms with Gasteiger partial charge in [0.05, 0.1) is 0 Å². The van der Waals surface area contributed by atoms with E-state index < -0.39 is 6.09 Å². The molecule has 0 heterocycles. The molecule has 0 aliphatic heterocycles. The summed E-state index contributed by atoms with van der Waals surface area (Å²) < 4.78 is 0.931. The van der Waals surface area contributed by atoms with Crippen LogP contribution in [-0.4, -0.2) is 11.3 Å². The van der Waals surface area contributed by atoms with Crippen molar-refractivity contribution in [3.8, 4) is 0 Å². The van der Waals surface area contributed by atoms with E-state index in [1.165, 1.54) is 0 Å². The van der Waals surface area contributed by atoms with Crippen molar-refractivity contribution in [3.63, 3.8) is 0 Å². The number of hydrogen-bond donors (Lipinski definition) is 1. The van der Waals surface area contributed by atoms with Gasteiger partial charge in [-0.1, -0.05) is 39.6 Å². The van der Waals surface area contributed by atoms with Crippen molar-refractivity contribution >= 4 is 44.5 Å². The maximum Gasteiger partial charge on any atom is 0.437 e. The van der Waals surface area contributed by atoms with Gasteiger partial charge in [-0.05, 0) is 30.7 Å². The van der Waals surface area contributed by atoms with Crippen LogP contribution in [0.1, 0.15) is 19.8 Å². The normalized spacial score (nSPS) is 11.1. The molecule has 1 aromatic carbocycles. The molecule has 6 heteroatoms. The number of oxime groups is 1. The number of anilines is 1. The molecule has 92 valence electrons. The van der Waals surface area contributed by atoms with Crippen molar-refractivity contribution in [1.29, 1.82) is 0 Å². The monoisotopic (exact) mass is 318 g/mol. The molecule has 0 aromatic heterocycles. The van der Waals surface area contributed by atoms with E-state index in [1.807, 2.05) is 19.1 Å². The molecule has 1 aromatic rings. The highest BCUT2D eigenvalue weighted by atomic mass is 79.9. The minimum Gasteiger partial charge on any atom is -0.297 e. The van der Waals surface area contributed by atoms with E-state index in [9.17, 15) is 4.79 Å². The molecule has 0 fully saturated rings. The number of carbonyl (C=O) groups excluding carboxylic acids is 1. The van der Waals surface area contributed by atoms with Crippen LogP contribution in [0, 0.1) is 0 Å². The Hall–Kier alpha value is -1.07. The van der Waals surface area contributed by atoms with Crippen LogP contribution in [0.15, 0.2) is 33.9 Å². The zero-order valence-electron chi connectivity index (χ0n) is 9.24. The number of nitrogens with one attached hydrogen (secondary N) is 1. The highest BCUT2D eigenvalue weighted by Gasteiger charge is 2.03. The van der Waals surface area contributed by atoms with E-state index in [-0.39, 0.29) is 5.17 Å². The van der Waals surface area contributed by atoms with Gasteiger partial charge in [-0.2, -0.15) is 0 Å². The van der Waals surface area contributed by atoms with Crippen LogP contribution in [0.2, 0.25) is 0 Å². The Kier molecular flexibility index (Phi) is 6.00. The fraction of sp³-hybridized carbons (Fsp3) is 0.273. The molecule has 1 rings (SSSR count). The van der Waals surface area contributed by atoms with Crippen molar-refractivity contribution in [1.82, 2.24) is 0 Å². The quantitative estimate of drug-likeness (QED) is 0.509. The molecule has 0 aliphatic rings. The van der Waals surface area contributed by atoms with Crippen LogP contribution in [0.25, 0.3) is 0 Å². The van der Waals surface area contributed by atoms with Crippen molar-refractivity contribution in [3.05, 3.63) is 28.7 Å². The minimum atomic E-state index is -0.665. The lowest BCUT2D eigenvalue weighted by atomic mass is 10.3. The second-order valence-electron chi connectivity index (χ2n) is 3.23. The molecule has 0 radical (unpaired) electrons. The van der Waals surface area contributed by atoms with E-state index in [4.69, 9.17) is 11.6 Å². The summed E-state index contributed by atoms with van der Waals surface area (Å²) >= 11 is 8.98. The first-order chi connectivity index (χ1) is 8.11. The number of amides is 1. The van der Waals surface area contributed by atoms with Gasteiger partial charge in [-0.25, -0.2) is 4.79 Å². The van der Waals surface area contributed by atoms with Gasteiger partial charge in [-0.3, -0.25) is 10.2 Å². The lowest BCUT2D eigenvalue weighted by molar-refractivity contribution is 0.166. The SMILES string of the molecule is CCCC(Cl)=NOC(=O)Nc1ccc(Br)cc1. The lowest BCUT2D eigenvalue weighted by Crippen LogP contribution is -2.11. The van der Waals surface area contributed by atoms with E-state index >= 15 is 0 Å². The second kappa shape index (κ2) is 7.29. The fourth-order valence-electron chi connectivity index (χ4n) is 1.02. The first-order valence-corrected chi connectivity index (χ1v) is 6.25. The van der Waals surface area contributed by atoms with Gasteiger partial charge < -0.3 is 0 Å². The number of benzene rings is 1. The van der Waals surface area contributed by atoms with Gasteiger partial charge in [0.2, 0.25) is 0 Å². The molecule has 1 N–H and O–H groups in total. The van der Waals surface area contributed by atoms with Crippen molar-refractivity contribution < 1.29 is 9.63 Å². The summed E-state index contributed by atoms with van der Waals surface area (Å²) in [5.74, 6) is 0. The predicted octanol–water partition coefficient (Wildman–Crippen LogP) is 4.35. The lowest BCUT2D eigenvalue weighted by Gasteiger charge is -2.02. The smallest absolute Gasteiger partial charge is 0.297 e. The summed E-state index contributed by atoms with van der Waals surface area (Å²) in [6, 6.07) is 7.09. The Labute approximate surface area is 113 Å². The van der Waals surface area contributed by atoms with Crippen LogP contribution in [-0.2, 0) is 4.84 Å². The molecule has 0 bridgehead atoms. The third-order valence-corrected chi connectivity index (χ3v) is 2.56. The molecule has 0 saturated carbocycles. The maximum absolute atomic E-state index is 11.3. The van der Waals surface area contributed by atoms with Gasteiger partial charge in [0.15, 0.2) is 0 Å². The van der Waals surface area contributed by atoms with Crippen LogP contribution >= 0.6 is 27.5 Å². The number of halogens is 2. The second-order valence-corrected chi connectivity index (χ2v) is 4.58. The Balaban J connectivity index is 2.44. The average molecular weight is 320 g/mol. The zero-order chi connectivity index (χ0) is 12.7. The van der Waals surface area contributed by atoms with E-state index in [0.717, 1.165) is 10.9 Å². The van der Waals surface area contributed by atoms with Crippen LogP contribution in [0.4, 0.5) is 10.5 Å². The van der Waals surface area contributed by atoms with Gasteiger partial charge in [0, 0.05) is 16.6 Å². The largest absolute Gasteiger partial charge is 0.437 e. The topological polar surface area (TPSA) is 50.7 Å². The molecule has 4 nitrogen and oxygen atoms in total. The summed E-state index contributed by atoms with van der Waals surface area (Å²) in [6.45, 7) is 1.96. The average Bonchev–Trinajstić information content (AvgIpc) is 2.30. The van der Waals surface area contributed by atoms with E-state index in [0.29, 0.717) is 12.1 Å². The summed E-state index contributed by atoms with van der Waals surface area (Å²) in [4.78, 5) is 15.9. The summed E-state index contributed by atoms with van der Waals surface area (Å²) in [6.07, 6.45) is 0.772. The van der Waals surface area contributed by atoms with Crippen LogP contribution in [0.5, 0.6) is 0 Å². The third kappa shape index (κ3) is 5.70. The predicted molar refractivity (Wildman–Crippen MR) is 72.4 cm³/mol. The van der Waals surface area contributed by atoms with E-state index in [2.05, 4.69) is 31.2 Å². The van der Waals surface area contributed by atoms with Crippen molar-refractivity contribution in [2.24, 2.45) is 5.16 Å². The Morgan fingerprint density at radius 2 is 2.12 bits per heavy atom. The molecular weight excluding hydrogens is 307 g/mol. The highest BCUT2D eigenvalue weighted by Crippen LogP contribution is 2.14. The first kappa shape index (κ1) is 14.0. The fourth-order valence-corrected chi connectivity index (χ4v) is 1.50. The Morgan fingerprint density at radius 3 is 2.71 bits per heavy atom. The molecule has 0 atom stereocenters. The Bertz CT molecular complexity index is 406. The van der Waals surface area contributed by atoms with Crippen LogP contribution in [0.3, 0.4) is 0 Å². The number of hydrogen-bond acceptors (Lipinski definition) is 3. The van der Waals surface area contributed by atoms with Gasteiger partial charge in [-0.15, -0.1) is 0 Å². The van der Waals surface area contributed by atoms with E-state index in [1.54, 1.807) is 12.1 Å². The molecule has 0 aliphatic carbocycles. The molecule has 0 saturated heterocycles. The summed E-state index contributed by atoms with van der Waals surface area (Å²) in [5.41, 5.74) is 0.625. The molecular formula is C11H12BrClN2O2. The molecule has 0 unspecified atom stereocenters. The number of nitrogens with zero attached hydrogens (tertiary/aromatic N) is 1. The Morgan fingerprint density at radius 1 is 1.47 bits per heavy atom. The first-order valence-electron chi connectivity index (χ1n) is 5.07. The zero-order valence-corrected chi connectivity index (χ0v) is 11.6. The number of carbonyl (C=O) groups is 1. The van der Waals surface area contributed by atoms with Gasteiger partial charge in [0.1, 0.15) is 5.17 Å². The van der Waals surface area contributed by atoms with Crippen molar-refractivity contribution in [2.75, 3.05) is 5.32 Å². The number of rotatable bonds is 4. The van der Waals surface area contributed by atoms with Gasteiger partial charge in [0.25, 0.3) is 0 Å². The molecule has 0 spiro atoms. The third-order valence-electron chi connectivity index (χ3n) is 1.77. The van der Waals surface area contributed by atoms with Gasteiger partial charge >= 0.3 is 6.09 Å². The molecule has 17 heavy (non-hydrogen) atoms. The summed E-state index contributed by atoms with van der Waals surface area (Å²) in [5, 5.41) is 6.28. The van der Waals surface area contributed by atoms with Crippen molar-refractivity contribution in [2.45, 2.75) is 19.8 Å². The minimum absolute atomic E-state index is 0.276. The summed E-state index contributed by atoms with van der Waals surface area (Å²) in [7, 11) is 0. The maximum atomic E-state index is 11.3. The molecule has 1 amide bonds. The standard InChI is InChI=1S/C11H12BrClN2O2/c1-2-3-10(13)15-17-11(16)14-9-6-4-8(12)5-7-9/h4-7H,2-3H2,1H3,(H,14,16). The van der Waals surface area contributed by atoms with Crippen LogP contribution < -0.4 is 5.32 Å².